The second-order valence-corrected chi connectivity index (χ2v) is 8.71. The normalized spacial score (nSPS) is 15.8. The number of benzene rings is 1. The molecule has 28 heavy (non-hydrogen) atoms. The van der Waals surface area contributed by atoms with E-state index in [2.05, 4.69) is 10.5 Å². The van der Waals surface area contributed by atoms with E-state index >= 15 is 0 Å². The first-order chi connectivity index (χ1) is 13.4. The second-order valence-electron chi connectivity index (χ2n) is 6.78. The average molecular weight is 404 g/mol. The highest BCUT2D eigenvalue weighted by Crippen LogP contribution is 2.24. The van der Waals surface area contributed by atoms with Crippen LogP contribution in [0.3, 0.4) is 0 Å². The molecule has 7 nitrogen and oxygen atoms in total. The zero-order valence-corrected chi connectivity index (χ0v) is 17.0. The van der Waals surface area contributed by atoms with Gasteiger partial charge in [-0.05, 0) is 43.5 Å². The topological polar surface area (TPSA) is 92.5 Å². The van der Waals surface area contributed by atoms with E-state index in [1.54, 1.807) is 54.6 Å². The Labute approximate surface area is 165 Å². The van der Waals surface area contributed by atoms with E-state index in [-0.39, 0.29) is 5.91 Å². The lowest BCUT2D eigenvalue weighted by Crippen LogP contribution is -2.35. The number of piperidine rings is 1. The molecule has 1 N–H and O–H groups in total. The summed E-state index contributed by atoms with van der Waals surface area (Å²) >= 11 is 0. The van der Waals surface area contributed by atoms with Gasteiger partial charge in [0.2, 0.25) is 15.9 Å². The molecule has 150 valence electrons. The SMILES string of the molecule is CCC(=O)Nc1c(C)noc1/C=C\c1ccc(S(=O)(=O)N2CCCCC2)cc1. The molecular formula is C20H25N3O4S. The van der Waals surface area contributed by atoms with Crippen LogP contribution in [0.25, 0.3) is 12.2 Å². The molecule has 0 spiro atoms. The Morgan fingerprint density at radius 1 is 1.18 bits per heavy atom. The van der Waals surface area contributed by atoms with E-state index in [9.17, 15) is 13.2 Å². The summed E-state index contributed by atoms with van der Waals surface area (Å²) in [5, 5.41) is 6.67. The summed E-state index contributed by atoms with van der Waals surface area (Å²) < 4.78 is 32.2. The van der Waals surface area contributed by atoms with Gasteiger partial charge in [0.05, 0.1) is 4.90 Å². The molecule has 8 heteroatoms. The summed E-state index contributed by atoms with van der Waals surface area (Å²) in [6.07, 6.45) is 6.76. The van der Waals surface area contributed by atoms with Crippen molar-refractivity contribution in [3.8, 4) is 0 Å². The van der Waals surface area contributed by atoms with Crippen molar-refractivity contribution < 1.29 is 17.7 Å². The van der Waals surface area contributed by atoms with Crippen LogP contribution >= 0.6 is 0 Å². The lowest BCUT2D eigenvalue weighted by molar-refractivity contribution is -0.115. The van der Waals surface area contributed by atoms with Crippen LogP contribution in [0.1, 0.15) is 49.6 Å². The molecule has 0 atom stereocenters. The molecule has 2 heterocycles. The van der Waals surface area contributed by atoms with Crippen LogP contribution in [0.2, 0.25) is 0 Å². The number of hydrogen-bond donors (Lipinski definition) is 1. The van der Waals surface area contributed by atoms with E-state index in [0.717, 1.165) is 24.8 Å². The lowest BCUT2D eigenvalue weighted by Gasteiger charge is -2.25. The zero-order valence-electron chi connectivity index (χ0n) is 16.1. The van der Waals surface area contributed by atoms with Crippen molar-refractivity contribution in [3.05, 3.63) is 41.3 Å². The Hall–Kier alpha value is -2.45. The van der Waals surface area contributed by atoms with E-state index in [1.807, 2.05) is 0 Å². The molecule has 0 unspecified atom stereocenters. The fourth-order valence-corrected chi connectivity index (χ4v) is 4.58. The third kappa shape index (κ3) is 4.51. The minimum Gasteiger partial charge on any atom is -0.354 e. The van der Waals surface area contributed by atoms with Gasteiger partial charge in [-0.1, -0.05) is 36.7 Å². The average Bonchev–Trinajstić information content (AvgIpc) is 3.06. The van der Waals surface area contributed by atoms with Gasteiger partial charge in [0, 0.05) is 19.5 Å². The number of rotatable bonds is 6. The van der Waals surface area contributed by atoms with Gasteiger partial charge in [-0.3, -0.25) is 4.79 Å². The van der Waals surface area contributed by atoms with Crippen LogP contribution in [-0.4, -0.2) is 36.9 Å². The van der Waals surface area contributed by atoms with Gasteiger partial charge in [0.25, 0.3) is 0 Å². The highest BCUT2D eigenvalue weighted by atomic mass is 32.2. The molecule has 3 rings (SSSR count). The van der Waals surface area contributed by atoms with Crippen molar-refractivity contribution in [2.24, 2.45) is 0 Å². The highest BCUT2D eigenvalue weighted by Gasteiger charge is 2.25. The van der Waals surface area contributed by atoms with Crippen LogP contribution in [0.15, 0.2) is 33.7 Å². The fraction of sp³-hybridized carbons (Fsp3) is 0.400. The van der Waals surface area contributed by atoms with E-state index in [4.69, 9.17) is 4.52 Å². The molecule has 1 fully saturated rings. The monoisotopic (exact) mass is 403 g/mol. The maximum Gasteiger partial charge on any atom is 0.243 e. The minimum absolute atomic E-state index is 0.117. The molecule has 1 aliphatic heterocycles. The van der Waals surface area contributed by atoms with Gasteiger partial charge < -0.3 is 9.84 Å². The smallest absolute Gasteiger partial charge is 0.243 e. The second kappa shape index (κ2) is 8.70. The van der Waals surface area contributed by atoms with Gasteiger partial charge in [-0.25, -0.2) is 8.42 Å². The highest BCUT2D eigenvalue weighted by molar-refractivity contribution is 7.89. The van der Waals surface area contributed by atoms with Gasteiger partial charge in [0.1, 0.15) is 11.4 Å². The van der Waals surface area contributed by atoms with Crippen molar-refractivity contribution in [1.29, 1.82) is 0 Å². The number of carbonyl (C=O) groups is 1. The van der Waals surface area contributed by atoms with Crippen molar-refractivity contribution in [2.45, 2.75) is 44.4 Å². The quantitative estimate of drug-likeness (QED) is 0.794. The molecule has 2 aromatic rings. The summed E-state index contributed by atoms with van der Waals surface area (Å²) in [6.45, 7) is 4.70. The maximum atomic E-state index is 12.7. The first-order valence-electron chi connectivity index (χ1n) is 9.46. The molecule has 1 aromatic carbocycles. The van der Waals surface area contributed by atoms with Crippen LogP contribution in [-0.2, 0) is 14.8 Å². The van der Waals surface area contributed by atoms with Gasteiger partial charge in [-0.15, -0.1) is 0 Å². The molecule has 1 saturated heterocycles. The van der Waals surface area contributed by atoms with Gasteiger partial charge in [0.15, 0.2) is 5.76 Å². The third-order valence-corrected chi connectivity index (χ3v) is 6.65. The van der Waals surface area contributed by atoms with E-state index in [1.165, 1.54) is 0 Å². The molecule has 0 bridgehead atoms. The Kier molecular flexibility index (Phi) is 6.31. The summed E-state index contributed by atoms with van der Waals surface area (Å²) in [4.78, 5) is 12.0. The Bertz CT molecular complexity index is 956. The molecule has 1 amide bonds. The first-order valence-corrected chi connectivity index (χ1v) is 10.9. The predicted molar refractivity (Wildman–Crippen MR) is 108 cm³/mol. The Morgan fingerprint density at radius 2 is 1.86 bits per heavy atom. The molecule has 1 aliphatic rings. The van der Waals surface area contributed by atoms with Gasteiger partial charge >= 0.3 is 0 Å². The summed E-state index contributed by atoms with van der Waals surface area (Å²) in [5.41, 5.74) is 1.97. The molecule has 0 saturated carbocycles. The Balaban J connectivity index is 1.75. The maximum absolute atomic E-state index is 12.7. The molecule has 0 aliphatic carbocycles. The van der Waals surface area contributed by atoms with E-state index < -0.39 is 10.0 Å². The largest absolute Gasteiger partial charge is 0.354 e. The fourth-order valence-electron chi connectivity index (χ4n) is 3.06. The number of nitrogens with one attached hydrogen (secondary N) is 1. The van der Waals surface area contributed by atoms with Crippen molar-refractivity contribution in [3.63, 3.8) is 0 Å². The standard InChI is InChI=1S/C20H25N3O4S/c1-3-19(24)21-20-15(2)22-27-18(20)12-9-16-7-10-17(11-8-16)28(25,26)23-13-5-4-6-14-23/h7-12H,3-6,13-14H2,1-2H3,(H,21,24)/b12-9-. The number of amides is 1. The number of nitrogens with zero attached hydrogens (tertiary/aromatic N) is 2. The number of anilines is 1. The molecule has 0 radical (unpaired) electrons. The zero-order chi connectivity index (χ0) is 20.1. The molecular weight excluding hydrogens is 378 g/mol. The number of sulfonamides is 1. The van der Waals surface area contributed by atoms with E-state index in [0.29, 0.717) is 41.5 Å². The minimum atomic E-state index is -3.43. The van der Waals surface area contributed by atoms with Crippen LogP contribution in [0.5, 0.6) is 0 Å². The van der Waals surface area contributed by atoms with Crippen LogP contribution in [0.4, 0.5) is 5.69 Å². The number of aromatic nitrogens is 1. The summed E-state index contributed by atoms with van der Waals surface area (Å²) in [5.74, 6) is 0.331. The lowest BCUT2D eigenvalue weighted by atomic mass is 10.2. The third-order valence-electron chi connectivity index (χ3n) is 4.73. The van der Waals surface area contributed by atoms with Crippen molar-refractivity contribution in [2.75, 3.05) is 18.4 Å². The predicted octanol–water partition coefficient (Wildman–Crippen LogP) is 3.68. The van der Waals surface area contributed by atoms with Crippen LogP contribution in [0, 0.1) is 6.92 Å². The first kappa shape index (κ1) is 20.3. The van der Waals surface area contributed by atoms with Gasteiger partial charge in [-0.2, -0.15) is 4.31 Å². The molecule has 1 aromatic heterocycles. The van der Waals surface area contributed by atoms with Crippen molar-refractivity contribution >= 4 is 33.8 Å². The summed E-state index contributed by atoms with van der Waals surface area (Å²) in [6, 6.07) is 6.74. The number of hydrogen-bond acceptors (Lipinski definition) is 5. The summed E-state index contributed by atoms with van der Waals surface area (Å²) in [7, 11) is -3.43. The Morgan fingerprint density at radius 3 is 2.50 bits per heavy atom. The van der Waals surface area contributed by atoms with Crippen molar-refractivity contribution in [1.82, 2.24) is 9.46 Å². The number of aryl methyl sites for hydroxylation is 1. The number of carbonyl (C=O) groups excluding carboxylic acids is 1. The van der Waals surface area contributed by atoms with Crippen LogP contribution < -0.4 is 5.32 Å².